The molecule has 4 heteroatoms. The van der Waals surface area contributed by atoms with Gasteiger partial charge in [-0.05, 0) is 55.8 Å². The number of hydrogen-bond donors (Lipinski definition) is 1. The van der Waals surface area contributed by atoms with Gasteiger partial charge in [-0.3, -0.25) is 0 Å². The fourth-order valence-corrected chi connectivity index (χ4v) is 2.78. The van der Waals surface area contributed by atoms with Crippen molar-refractivity contribution in [2.24, 2.45) is 0 Å². The molecule has 0 aliphatic carbocycles. The van der Waals surface area contributed by atoms with Crippen molar-refractivity contribution >= 4 is 15.9 Å². The number of benzene rings is 2. The van der Waals surface area contributed by atoms with E-state index in [1.165, 1.54) is 6.07 Å². The van der Waals surface area contributed by atoms with Crippen molar-refractivity contribution in [1.29, 1.82) is 0 Å². The highest BCUT2D eigenvalue weighted by molar-refractivity contribution is 9.10. The molecule has 0 aliphatic rings. The molecular formula is C17H19BrFNO. The van der Waals surface area contributed by atoms with Crippen LogP contribution in [0.4, 0.5) is 4.39 Å². The lowest BCUT2D eigenvalue weighted by molar-refractivity contribution is 0.405. The number of hydrogen-bond acceptors (Lipinski definition) is 2. The normalized spacial score (nSPS) is 12.3. The largest absolute Gasteiger partial charge is 0.496 e. The molecule has 0 spiro atoms. The Morgan fingerprint density at radius 2 is 1.86 bits per heavy atom. The van der Waals surface area contributed by atoms with Crippen molar-refractivity contribution in [1.82, 2.24) is 5.32 Å². The molecule has 0 bridgehead atoms. The van der Waals surface area contributed by atoms with Crippen molar-refractivity contribution in [3.63, 3.8) is 0 Å². The number of nitrogens with one attached hydrogen (secondary N) is 1. The van der Waals surface area contributed by atoms with E-state index < -0.39 is 0 Å². The smallest absolute Gasteiger partial charge is 0.126 e. The van der Waals surface area contributed by atoms with E-state index in [4.69, 9.17) is 4.74 Å². The lowest BCUT2D eigenvalue weighted by Gasteiger charge is -2.21. The maximum atomic E-state index is 13.5. The van der Waals surface area contributed by atoms with Crippen LogP contribution in [0, 0.1) is 19.7 Å². The predicted molar refractivity (Wildman–Crippen MR) is 87.5 cm³/mol. The van der Waals surface area contributed by atoms with Gasteiger partial charge in [-0.25, -0.2) is 4.39 Å². The van der Waals surface area contributed by atoms with Crippen LogP contribution in [0.3, 0.4) is 0 Å². The zero-order valence-electron chi connectivity index (χ0n) is 12.6. The first-order valence-electron chi connectivity index (χ1n) is 6.75. The Morgan fingerprint density at radius 3 is 2.43 bits per heavy atom. The Balaban J connectivity index is 2.55. The molecule has 1 N–H and O–H groups in total. The Kier molecular flexibility index (Phi) is 5.01. The highest BCUT2D eigenvalue weighted by Crippen LogP contribution is 2.34. The summed E-state index contributed by atoms with van der Waals surface area (Å²) in [6, 6.07) is 9.16. The second-order valence-corrected chi connectivity index (χ2v) is 5.93. The monoisotopic (exact) mass is 351 g/mol. The Bertz CT molecular complexity index is 657. The summed E-state index contributed by atoms with van der Waals surface area (Å²) in [5, 5.41) is 3.28. The van der Waals surface area contributed by atoms with E-state index in [9.17, 15) is 4.39 Å². The molecule has 0 amide bonds. The fourth-order valence-electron chi connectivity index (χ4n) is 2.42. The molecule has 1 unspecified atom stereocenters. The summed E-state index contributed by atoms with van der Waals surface area (Å²) in [4.78, 5) is 0. The van der Waals surface area contributed by atoms with Crippen molar-refractivity contribution in [2.75, 3.05) is 14.2 Å². The van der Waals surface area contributed by atoms with Crippen molar-refractivity contribution in [3.8, 4) is 5.75 Å². The van der Waals surface area contributed by atoms with Crippen LogP contribution in [0.2, 0.25) is 0 Å². The first-order valence-corrected chi connectivity index (χ1v) is 7.54. The Morgan fingerprint density at radius 1 is 1.14 bits per heavy atom. The summed E-state index contributed by atoms with van der Waals surface area (Å²) in [6.45, 7) is 3.79. The van der Waals surface area contributed by atoms with Gasteiger partial charge in [-0.15, -0.1) is 0 Å². The van der Waals surface area contributed by atoms with Crippen molar-refractivity contribution in [3.05, 3.63) is 62.9 Å². The minimum Gasteiger partial charge on any atom is -0.496 e. The quantitative estimate of drug-likeness (QED) is 0.873. The van der Waals surface area contributed by atoms with Crippen molar-refractivity contribution < 1.29 is 9.13 Å². The highest BCUT2D eigenvalue weighted by atomic mass is 79.9. The number of halogens is 2. The van der Waals surface area contributed by atoms with Crippen LogP contribution in [0.1, 0.15) is 28.3 Å². The van der Waals surface area contributed by atoms with E-state index in [2.05, 4.69) is 21.2 Å². The predicted octanol–water partition coefficient (Wildman–Crippen LogP) is 4.52. The standard InChI is InChI=1S/C17H19BrFNO/c1-10-8-16(21-4)13(9-14(10)18)17(20-3)12-5-6-15(19)11(2)7-12/h5-9,17,20H,1-4H3. The molecule has 0 saturated carbocycles. The van der Waals surface area contributed by atoms with Gasteiger partial charge in [0.25, 0.3) is 0 Å². The summed E-state index contributed by atoms with van der Waals surface area (Å²) < 4.78 is 20.0. The molecule has 2 rings (SSSR count). The molecule has 1 atom stereocenters. The second-order valence-electron chi connectivity index (χ2n) is 5.07. The lowest BCUT2D eigenvalue weighted by atomic mass is 9.95. The van der Waals surface area contributed by atoms with Crippen LogP contribution >= 0.6 is 15.9 Å². The first kappa shape index (κ1) is 16.0. The van der Waals surface area contributed by atoms with Crippen LogP contribution in [-0.4, -0.2) is 14.2 Å². The summed E-state index contributed by atoms with van der Waals surface area (Å²) in [7, 11) is 3.55. The lowest BCUT2D eigenvalue weighted by Crippen LogP contribution is -2.19. The van der Waals surface area contributed by atoms with Crippen LogP contribution in [0.15, 0.2) is 34.8 Å². The van der Waals surface area contributed by atoms with Gasteiger partial charge in [0, 0.05) is 10.0 Å². The van der Waals surface area contributed by atoms with Gasteiger partial charge in [-0.1, -0.05) is 28.1 Å². The SMILES string of the molecule is CNC(c1ccc(F)c(C)c1)c1cc(Br)c(C)cc1OC. The number of aryl methyl sites for hydroxylation is 2. The first-order chi connectivity index (χ1) is 9.97. The van der Waals surface area contributed by atoms with Crippen LogP contribution in [0.5, 0.6) is 5.75 Å². The third-order valence-electron chi connectivity index (χ3n) is 3.63. The van der Waals surface area contributed by atoms with Gasteiger partial charge in [0.15, 0.2) is 0 Å². The van der Waals surface area contributed by atoms with Crippen LogP contribution in [-0.2, 0) is 0 Å². The maximum absolute atomic E-state index is 13.5. The minimum absolute atomic E-state index is 0.0591. The summed E-state index contributed by atoms with van der Waals surface area (Å²) >= 11 is 3.56. The summed E-state index contributed by atoms with van der Waals surface area (Å²) in [6.07, 6.45) is 0. The zero-order valence-corrected chi connectivity index (χ0v) is 14.2. The van der Waals surface area contributed by atoms with Gasteiger partial charge in [0.1, 0.15) is 11.6 Å². The van der Waals surface area contributed by atoms with E-state index in [1.807, 2.05) is 32.2 Å². The molecule has 0 aliphatic heterocycles. The average molecular weight is 352 g/mol. The number of methoxy groups -OCH3 is 1. The van der Waals surface area contributed by atoms with E-state index in [1.54, 1.807) is 20.1 Å². The van der Waals surface area contributed by atoms with E-state index in [0.717, 1.165) is 26.9 Å². The molecule has 112 valence electrons. The van der Waals surface area contributed by atoms with Gasteiger partial charge in [-0.2, -0.15) is 0 Å². The van der Waals surface area contributed by atoms with Gasteiger partial charge in [0.05, 0.1) is 13.2 Å². The third-order valence-corrected chi connectivity index (χ3v) is 4.48. The fraction of sp³-hybridized carbons (Fsp3) is 0.294. The topological polar surface area (TPSA) is 21.3 Å². The molecular weight excluding hydrogens is 333 g/mol. The molecule has 0 aromatic heterocycles. The third kappa shape index (κ3) is 3.27. The summed E-state index contributed by atoms with van der Waals surface area (Å²) in [5.41, 5.74) is 3.77. The van der Waals surface area contributed by atoms with Gasteiger partial charge < -0.3 is 10.1 Å². The summed E-state index contributed by atoms with van der Waals surface area (Å²) in [5.74, 6) is 0.627. The van der Waals surface area contributed by atoms with Gasteiger partial charge in [0.2, 0.25) is 0 Å². The van der Waals surface area contributed by atoms with Gasteiger partial charge >= 0.3 is 0 Å². The van der Waals surface area contributed by atoms with E-state index in [0.29, 0.717) is 5.56 Å². The number of ether oxygens (including phenoxy) is 1. The number of rotatable bonds is 4. The molecule has 0 radical (unpaired) electrons. The highest BCUT2D eigenvalue weighted by Gasteiger charge is 2.18. The Hall–Kier alpha value is -1.39. The molecule has 0 saturated heterocycles. The second kappa shape index (κ2) is 6.58. The Labute approximate surface area is 133 Å². The zero-order chi connectivity index (χ0) is 15.6. The van der Waals surface area contributed by atoms with Crippen LogP contribution in [0.25, 0.3) is 0 Å². The minimum atomic E-state index is -0.189. The molecule has 2 aromatic carbocycles. The van der Waals surface area contributed by atoms with E-state index in [-0.39, 0.29) is 11.9 Å². The molecule has 0 fully saturated rings. The molecule has 2 nitrogen and oxygen atoms in total. The average Bonchev–Trinajstić information content (AvgIpc) is 2.46. The molecule has 21 heavy (non-hydrogen) atoms. The molecule has 0 heterocycles. The van der Waals surface area contributed by atoms with Crippen molar-refractivity contribution in [2.45, 2.75) is 19.9 Å². The van der Waals surface area contributed by atoms with E-state index >= 15 is 0 Å². The molecule has 2 aromatic rings. The van der Waals surface area contributed by atoms with Crippen LogP contribution < -0.4 is 10.1 Å². The maximum Gasteiger partial charge on any atom is 0.126 e.